The first-order valence-electron chi connectivity index (χ1n) is 9.74. The lowest BCUT2D eigenvalue weighted by molar-refractivity contribution is -0.117. The van der Waals surface area contributed by atoms with Gasteiger partial charge in [0.25, 0.3) is 0 Å². The van der Waals surface area contributed by atoms with Crippen LogP contribution < -0.4 is 5.32 Å². The van der Waals surface area contributed by atoms with Gasteiger partial charge in [-0.05, 0) is 63.9 Å². The second-order valence-electron chi connectivity index (χ2n) is 7.04. The maximum absolute atomic E-state index is 12.4. The lowest BCUT2D eigenvalue weighted by Crippen LogP contribution is -2.20. The highest BCUT2D eigenvalue weighted by Crippen LogP contribution is 2.26. The standard InChI is InChI=1S/C20H20ClN9O/c1-3-13(2)14-4-7-16(8-5-14)23-19(31)11-30-25-20(24-27-30)17-9-6-15(21)10-18(17)29-12-22-26-28-29/h4-10,12-13H,3,11H2,1-2H3,(H,23,31). The van der Waals surface area contributed by atoms with E-state index in [-0.39, 0.29) is 12.5 Å². The molecule has 2 aromatic carbocycles. The number of benzene rings is 2. The van der Waals surface area contributed by atoms with Crippen LogP contribution in [0, 0.1) is 0 Å². The van der Waals surface area contributed by atoms with Crippen LogP contribution in [0.4, 0.5) is 5.69 Å². The molecule has 10 nitrogen and oxygen atoms in total. The lowest BCUT2D eigenvalue weighted by atomic mass is 9.99. The van der Waals surface area contributed by atoms with Gasteiger partial charge in [-0.25, -0.2) is 0 Å². The maximum atomic E-state index is 12.4. The van der Waals surface area contributed by atoms with Crippen LogP contribution >= 0.6 is 11.6 Å². The minimum absolute atomic E-state index is 0.0755. The second kappa shape index (κ2) is 9.00. The summed E-state index contributed by atoms with van der Waals surface area (Å²) < 4.78 is 1.46. The molecule has 1 amide bonds. The predicted octanol–water partition coefficient (Wildman–Crippen LogP) is 3.12. The van der Waals surface area contributed by atoms with E-state index in [0.29, 0.717) is 28.0 Å². The molecule has 0 saturated heterocycles. The zero-order valence-electron chi connectivity index (χ0n) is 17.0. The third-order valence-electron chi connectivity index (χ3n) is 4.91. The first kappa shape index (κ1) is 20.6. The summed E-state index contributed by atoms with van der Waals surface area (Å²) >= 11 is 6.11. The van der Waals surface area contributed by atoms with Crippen LogP contribution in [0.15, 0.2) is 48.8 Å². The Morgan fingerprint density at radius 3 is 2.68 bits per heavy atom. The van der Waals surface area contributed by atoms with E-state index < -0.39 is 0 Å². The summed E-state index contributed by atoms with van der Waals surface area (Å²) in [6, 6.07) is 13.0. The molecule has 0 fully saturated rings. The largest absolute Gasteiger partial charge is 0.324 e. The Kier molecular flexibility index (Phi) is 5.99. The van der Waals surface area contributed by atoms with Crippen molar-refractivity contribution in [1.82, 2.24) is 40.4 Å². The van der Waals surface area contributed by atoms with Crippen LogP contribution in [0.2, 0.25) is 5.02 Å². The molecule has 31 heavy (non-hydrogen) atoms. The first-order chi connectivity index (χ1) is 15.0. The van der Waals surface area contributed by atoms with Gasteiger partial charge in [0, 0.05) is 16.3 Å². The maximum Gasteiger partial charge on any atom is 0.248 e. The van der Waals surface area contributed by atoms with Crippen molar-refractivity contribution in [3.63, 3.8) is 0 Å². The van der Waals surface area contributed by atoms with E-state index in [0.717, 1.165) is 12.1 Å². The van der Waals surface area contributed by atoms with Crippen LogP contribution in [0.5, 0.6) is 0 Å². The molecule has 2 aromatic heterocycles. The van der Waals surface area contributed by atoms with E-state index in [2.05, 4.69) is 50.1 Å². The molecule has 1 atom stereocenters. The number of amides is 1. The Bertz CT molecular complexity index is 1170. The van der Waals surface area contributed by atoms with Gasteiger partial charge in [0.05, 0.1) is 5.69 Å². The average Bonchev–Trinajstić information content (AvgIpc) is 3.46. The number of tetrazole rings is 2. The molecule has 4 aromatic rings. The molecule has 2 heterocycles. The fourth-order valence-electron chi connectivity index (χ4n) is 3.03. The highest BCUT2D eigenvalue weighted by atomic mass is 35.5. The quantitative estimate of drug-likeness (QED) is 0.472. The second-order valence-corrected chi connectivity index (χ2v) is 7.48. The van der Waals surface area contributed by atoms with Crippen molar-refractivity contribution in [1.29, 1.82) is 0 Å². The number of nitrogens with zero attached hydrogens (tertiary/aromatic N) is 8. The van der Waals surface area contributed by atoms with Gasteiger partial charge in [0.2, 0.25) is 11.7 Å². The number of rotatable bonds is 7. The number of halogens is 1. The van der Waals surface area contributed by atoms with E-state index in [9.17, 15) is 4.79 Å². The molecule has 4 rings (SSSR count). The predicted molar refractivity (Wildman–Crippen MR) is 115 cm³/mol. The SMILES string of the molecule is CCC(C)c1ccc(NC(=O)Cn2nnc(-c3ccc(Cl)cc3-n3cnnn3)n2)cc1. The molecular weight excluding hydrogens is 418 g/mol. The monoisotopic (exact) mass is 437 g/mol. The van der Waals surface area contributed by atoms with Gasteiger partial charge >= 0.3 is 0 Å². The number of hydrogen-bond acceptors (Lipinski definition) is 7. The van der Waals surface area contributed by atoms with Crippen LogP contribution in [0.25, 0.3) is 17.1 Å². The minimum atomic E-state index is -0.253. The molecule has 0 saturated carbocycles. The van der Waals surface area contributed by atoms with Crippen LogP contribution in [0.3, 0.4) is 0 Å². The molecule has 0 aliphatic carbocycles. The number of carbonyl (C=O) groups excluding carboxylic acids is 1. The van der Waals surface area contributed by atoms with Crippen molar-refractivity contribution >= 4 is 23.2 Å². The van der Waals surface area contributed by atoms with Gasteiger partial charge in [0.15, 0.2) is 0 Å². The summed E-state index contributed by atoms with van der Waals surface area (Å²) in [7, 11) is 0. The number of anilines is 1. The number of nitrogens with one attached hydrogen (secondary N) is 1. The lowest BCUT2D eigenvalue weighted by Gasteiger charge is -2.10. The van der Waals surface area contributed by atoms with Crippen LogP contribution in [-0.2, 0) is 11.3 Å². The van der Waals surface area contributed by atoms with E-state index >= 15 is 0 Å². The molecule has 0 spiro atoms. The summed E-state index contributed by atoms with van der Waals surface area (Å²) in [6.07, 6.45) is 2.51. The van der Waals surface area contributed by atoms with Gasteiger partial charge in [-0.1, -0.05) is 37.6 Å². The molecule has 11 heteroatoms. The van der Waals surface area contributed by atoms with Crippen molar-refractivity contribution in [2.24, 2.45) is 0 Å². The highest BCUT2D eigenvalue weighted by Gasteiger charge is 2.15. The molecule has 1 unspecified atom stereocenters. The Morgan fingerprint density at radius 1 is 1.16 bits per heavy atom. The van der Waals surface area contributed by atoms with Crippen molar-refractivity contribution in [3.05, 3.63) is 59.4 Å². The molecule has 158 valence electrons. The Hall–Kier alpha value is -3.66. The van der Waals surface area contributed by atoms with Gasteiger partial charge < -0.3 is 5.32 Å². The summed E-state index contributed by atoms with van der Waals surface area (Å²) in [5.41, 5.74) is 3.19. The first-order valence-corrected chi connectivity index (χ1v) is 10.1. The van der Waals surface area contributed by atoms with Gasteiger partial charge in [-0.2, -0.15) is 9.48 Å². The van der Waals surface area contributed by atoms with Gasteiger partial charge in [-0.15, -0.1) is 15.3 Å². The molecule has 0 aliphatic heterocycles. The fraction of sp³-hybridized carbons (Fsp3) is 0.250. The van der Waals surface area contributed by atoms with E-state index in [1.54, 1.807) is 18.2 Å². The van der Waals surface area contributed by atoms with E-state index in [1.165, 1.54) is 21.4 Å². The topological polar surface area (TPSA) is 116 Å². The number of carbonyl (C=O) groups is 1. The minimum Gasteiger partial charge on any atom is -0.324 e. The zero-order valence-corrected chi connectivity index (χ0v) is 17.7. The molecule has 0 bridgehead atoms. The summed E-state index contributed by atoms with van der Waals surface area (Å²) in [5, 5.41) is 26.9. The molecule has 0 radical (unpaired) electrons. The molecule has 1 N–H and O–H groups in total. The normalized spacial score (nSPS) is 12.0. The van der Waals surface area contributed by atoms with E-state index in [1.807, 2.05) is 24.3 Å². The Morgan fingerprint density at radius 2 is 1.97 bits per heavy atom. The average molecular weight is 438 g/mol. The number of hydrogen-bond donors (Lipinski definition) is 1. The van der Waals surface area contributed by atoms with Crippen molar-refractivity contribution in [3.8, 4) is 17.1 Å². The third-order valence-corrected chi connectivity index (χ3v) is 5.15. The Balaban J connectivity index is 1.47. The van der Waals surface area contributed by atoms with E-state index in [4.69, 9.17) is 11.6 Å². The zero-order chi connectivity index (χ0) is 21.8. The van der Waals surface area contributed by atoms with Crippen LogP contribution in [-0.4, -0.2) is 46.3 Å². The van der Waals surface area contributed by atoms with Crippen LogP contribution in [0.1, 0.15) is 31.7 Å². The summed E-state index contributed by atoms with van der Waals surface area (Å²) in [6.45, 7) is 4.25. The smallest absolute Gasteiger partial charge is 0.248 e. The van der Waals surface area contributed by atoms with Gasteiger partial charge in [0.1, 0.15) is 12.9 Å². The number of aromatic nitrogens is 8. The fourth-order valence-corrected chi connectivity index (χ4v) is 3.20. The third kappa shape index (κ3) is 4.75. The van der Waals surface area contributed by atoms with Crippen molar-refractivity contribution in [2.45, 2.75) is 32.7 Å². The summed E-state index contributed by atoms with van der Waals surface area (Å²) in [5.74, 6) is 0.554. The van der Waals surface area contributed by atoms with Crippen molar-refractivity contribution in [2.75, 3.05) is 5.32 Å². The highest BCUT2D eigenvalue weighted by molar-refractivity contribution is 6.30. The molecule has 0 aliphatic rings. The van der Waals surface area contributed by atoms with Gasteiger partial charge in [-0.3, -0.25) is 4.79 Å². The molecular formula is C20H20ClN9O. The summed E-state index contributed by atoms with van der Waals surface area (Å²) in [4.78, 5) is 13.6. The van der Waals surface area contributed by atoms with Crippen molar-refractivity contribution < 1.29 is 4.79 Å². The Labute approximate surface area is 183 Å².